The fraction of sp³-hybridized carbons (Fsp3) is 0.235. The van der Waals surface area contributed by atoms with E-state index < -0.39 is 10.0 Å². The molecule has 134 valence electrons. The van der Waals surface area contributed by atoms with Crippen molar-refractivity contribution in [3.63, 3.8) is 0 Å². The molecule has 0 unspecified atom stereocenters. The van der Waals surface area contributed by atoms with Crippen molar-refractivity contribution in [2.75, 3.05) is 14.2 Å². The Kier molecular flexibility index (Phi) is 5.87. The van der Waals surface area contributed by atoms with Gasteiger partial charge in [0.1, 0.15) is 22.1 Å². The summed E-state index contributed by atoms with van der Waals surface area (Å²) in [5.74, 6) is 0.576. The van der Waals surface area contributed by atoms with Gasteiger partial charge in [-0.05, 0) is 30.7 Å². The van der Waals surface area contributed by atoms with Crippen LogP contribution in [-0.4, -0.2) is 33.5 Å². The maximum Gasteiger partial charge on any atom is 0.280 e. The fourth-order valence-corrected chi connectivity index (χ4v) is 3.22. The predicted octanol–water partition coefficient (Wildman–Crippen LogP) is 2.50. The number of phenols is 1. The molecule has 25 heavy (non-hydrogen) atoms. The molecular formula is C17H20N2O5S. The number of methoxy groups -OCH3 is 2. The highest BCUT2D eigenvalue weighted by Crippen LogP contribution is 2.28. The van der Waals surface area contributed by atoms with E-state index in [-0.39, 0.29) is 16.4 Å². The van der Waals surface area contributed by atoms with E-state index in [9.17, 15) is 13.5 Å². The molecule has 0 saturated carbocycles. The molecule has 7 nitrogen and oxygen atoms in total. The molecule has 0 amide bonds. The Morgan fingerprint density at radius 2 is 1.88 bits per heavy atom. The molecule has 2 aromatic rings. The number of phenolic OH excluding ortho intramolecular Hbond substituents is 1. The summed E-state index contributed by atoms with van der Waals surface area (Å²) in [6, 6.07) is 11.0. The summed E-state index contributed by atoms with van der Waals surface area (Å²) in [6.07, 6.45) is 0.426. The van der Waals surface area contributed by atoms with Crippen molar-refractivity contribution in [2.24, 2.45) is 5.10 Å². The Hall–Kier alpha value is -2.74. The topological polar surface area (TPSA) is 97.2 Å². The molecule has 0 aliphatic heterocycles. The first-order valence-electron chi connectivity index (χ1n) is 7.51. The Morgan fingerprint density at radius 3 is 2.48 bits per heavy atom. The zero-order chi connectivity index (χ0) is 18.4. The average Bonchev–Trinajstić information content (AvgIpc) is 2.63. The third-order valence-electron chi connectivity index (χ3n) is 3.51. The van der Waals surface area contributed by atoms with E-state index in [1.807, 2.05) is 6.92 Å². The van der Waals surface area contributed by atoms with Crippen LogP contribution in [0.25, 0.3) is 0 Å². The lowest BCUT2D eigenvalue weighted by Gasteiger charge is -2.12. The highest BCUT2D eigenvalue weighted by Gasteiger charge is 2.20. The van der Waals surface area contributed by atoms with Gasteiger partial charge in [-0.1, -0.05) is 19.1 Å². The minimum Gasteiger partial charge on any atom is -0.507 e. The Balaban J connectivity index is 2.40. The zero-order valence-electron chi connectivity index (χ0n) is 14.2. The number of nitrogens with one attached hydrogen (secondary N) is 1. The van der Waals surface area contributed by atoms with Gasteiger partial charge < -0.3 is 14.6 Å². The van der Waals surface area contributed by atoms with Gasteiger partial charge in [0.15, 0.2) is 0 Å². The first kappa shape index (κ1) is 18.6. The van der Waals surface area contributed by atoms with Gasteiger partial charge in [-0.2, -0.15) is 18.4 Å². The summed E-state index contributed by atoms with van der Waals surface area (Å²) in [4.78, 5) is 2.10. The molecule has 0 radical (unpaired) electrons. The van der Waals surface area contributed by atoms with Crippen LogP contribution >= 0.6 is 0 Å². The zero-order valence-corrected chi connectivity index (χ0v) is 15.0. The monoisotopic (exact) mass is 364 g/mol. The number of benzene rings is 2. The van der Waals surface area contributed by atoms with Crippen LogP contribution in [0.1, 0.15) is 18.9 Å². The molecule has 2 rings (SSSR count). The molecule has 0 aliphatic carbocycles. The normalized spacial score (nSPS) is 11.9. The quantitative estimate of drug-likeness (QED) is 0.581. The molecule has 8 heteroatoms. The number of hydrazone groups is 1. The van der Waals surface area contributed by atoms with Gasteiger partial charge in [0.05, 0.1) is 19.9 Å². The maximum atomic E-state index is 12.6. The molecule has 0 bridgehead atoms. The van der Waals surface area contributed by atoms with Gasteiger partial charge in [-0.15, -0.1) is 0 Å². The van der Waals surface area contributed by atoms with Crippen molar-refractivity contribution < 1.29 is 23.0 Å². The molecule has 0 aliphatic rings. The van der Waals surface area contributed by atoms with Crippen molar-refractivity contribution in [2.45, 2.75) is 18.2 Å². The van der Waals surface area contributed by atoms with E-state index in [0.29, 0.717) is 23.4 Å². The molecule has 2 N–H and O–H groups in total. The number of rotatable bonds is 7. The van der Waals surface area contributed by atoms with E-state index >= 15 is 0 Å². The van der Waals surface area contributed by atoms with Crippen molar-refractivity contribution in [1.29, 1.82) is 0 Å². The largest absolute Gasteiger partial charge is 0.507 e. The number of hydrogen-bond acceptors (Lipinski definition) is 6. The van der Waals surface area contributed by atoms with Gasteiger partial charge in [-0.25, -0.2) is 0 Å². The molecule has 0 heterocycles. The van der Waals surface area contributed by atoms with Gasteiger partial charge >= 0.3 is 0 Å². The summed E-state index contributed by atoms with van der Waals surface area (Å²) in [5.41, 5.74) is 0.869. The number of nitrogens with zero attached hydrogens (tertiary/aromatic N) is 1. The van der Waals surface area contributed by atoms with Crippen molar-refractivity contribution in [3.8, 4) is 17.2 Å². The van der Waals surface area contributed by atoms with Crippen molar-refractivity contribution in [3.05, 3.63) is 48.0 Å². The van der Waals surface area contributed by atoms with E-state index in [1.54, 1.807) is 24.3 Å². The van der Waals surface area contributed by atoms with Crippen LogP contribution in [0.3, 0.4) is 0 Å². The van der Waals surface area contributed by atoms with Crippen LogP contribution in [0, 0.1) is 0 Å². The molecule has 0 fully saturated rings. The first-order chi connectivity index (χ1) is 11.9. The van der Waals surface area contributed by atoms with Gasteiger partial charge in [0.2, 0.25) is 0 Å². The number of aromatic hydroxyl groups is 1. The smallest absolute Gasteiger partial charge is 0.280 e. The van der Waals surface area contributed by atoms with Crippen LogP contribution in [-0.2, 0) is 10.0 Å². The number of para-hydroxylation sites is 1. The molecule has 0 atom stereocenters. The van der Waals surface area contributed by atoms with Crippen molar-refractivity contribution >= 4 is 15.7 Å². The lowest BCUT2D eigenvalue weighted by molar-refractivity contribution is 0.392. The van der Waals surface area contributed by atoms with Crippen molar-refractivity contribution in [1.82, 2.24) is 4.83 Å². The Bertz CT molecular complexity index is 878. The van der Waals surface area contributed by atoms with Crippen LogP contribution in [0.15, 0.2) is 52.5 Å². The number of sulfonamides is 1. The molecule has 0 saturated heterocycles. The lowest BCUT2D eigenvalue weighted by Crippen LogP contribution is -2.21. The molecule has 0 aromatic heterocycles. The highest BCUT2D eigenvalue weighted by atomic mass is 32.2. The minimum atomic E-state index is -3.99. The maximum absolute atomic E-state index is 12.6. The van der Waals surface area contributed by atoms with Gasteiger partial charge in [0.25, 0.3) is 10.0 Å². The summed E-state index contributed by atoms with van der Waals surface area (Å²) >= 11 is 0. The van der Waals surface area contributed by atoms with Crippen LogP contribution in [0.4, 0.5) is 0 Å². The number of ether oxygens (including phenoxy) is 2. The first-order valence-corrected chi connectivity index (χ1v) is 9.00. The van der Waals surface area contributed by atoms with E-state index in [2.05, 4.69) is 9.93 Å². The minimum absolute atomic E-state index is 0.0289. The van der Waals surface area contributed by atoms with Gasteiger partial charge in [-0.3, -0.25) is 0 Å². The molecular weight excluding hydrogens is 344 g/mol. The van der Waals surface area contributed by atoms with Crippen LogP contribution in [0.5, 0.6) is 17.2 Å². The lowest BCUT2D eigenvalue weighted by atomic mass is 10.1. The van der Waals surface area contributed by atoms with Crippen LogP contribution < -0.4 is 14.3 Å². The molecule has 2 aromatic carbocycles. The SMILES string of the molecule is CCC(=NNS(=O)(=O)c1cc(OC)ccc1OC)c1ccccc1O. The second-order valence-corrected chi connectivity index (χ2v) is 6.67. The standard InChI is InChI=1S/C17H20N2O5S/c1-4-14(13-7-5-6-8-15(13)20)18-19-25(21,22)17-11-12(23-2)9-10-16(17)24-3/h5-11,19-20H,4H2,1-3H3. The third-order valence-corrected chi connectivity index (χ3v) is 4.74. The number of hydrogen-bond donors (Lipinski definition) is 2. The second-order valence-electron chi connectivity index (χ2n) is 5.04. The summed E-state index contributed by atoms with van der Waals surface area (Å²) < 4.78 is 35.4. The highest BCUT2D eigenvalue weighted by molar-refractivity contribution is 7.89. The van der Waals surface area contributed by atoms with Crippen LogP contribution in [0.2, 0.25) is 0 Å². The third kappa shape index (κ3) is 4.21. The molecule has 0 spiro atoms. The average molecular weight is 364 g/mol. The fourth-order valence-electron chi connectivity index (χ4n) is 2.21. The second kappa shape index (κ2) is 7.89. The predicted molar refractivity (Wildman–Crippen MR) is 94.8 cm³/mol. The summed E-state index contributed by atoms with van der Waals surface area (Å²) in [7, 11) is -1.17. The summed E-state index contributed by atoms with van der Waals surface area (Å²) in [6.45, 7) is 1.81. The van der Waals surface area contributed by atoms with Gasteiger partial charge in [0, 0.05) is 11.6 Å². The van der Waals surface area contributed by atoms with E-state index in [0.717, 1.165) is 0 Å². The van der Waals surface area contributed by atoms with E-state index in [4.69, 9.17) is 9.47 Å². The summed E-state index contributed by atoms with van der Waals surface area (Å²) in [5, 5.41) is 13.9. The Labute approximate surface area is 147 Å². The Morgan fingerprint density at radius 1 is 1.16 bits per heavy atom. The van der Waals surface area contributed by atoms with E-state index in [1.165, 1.54) is 32.4 Å².